The number of aryl methyl sites for hydroxylation is 1. The third-order valence-corrected chi connectivity index (χ3v) is 4.25. The number of thiazole rings is 1. The molecule has 0 radical (unpaired) electrons. The summed E-state index contributed by atoms with van der Waals surface area (Å²) in [5, 5.41) is 13.2. The molecule has 0 spiro atoms. The monoisotopic (exact) mass is 277 g/mol. The topological polar surface area (TPSA) is 51.6 Å². The summed E-state index contributed by atoms with van der Waals surface area (Å²) in [4.78, 5) is 4.43. The highest BCUT2D eigenvalue weighted by atomic mass is 32.1. The number of methoxy groups -OCH3 is 1. The lowest BCUT2D eigenvalue weighted by Crippen LogP contribution is -2.19. The van der Waals surface area contributed by atoms with Crippen LogP contribution in [0.25, 0.3) is 0 Å². The Labute approximate surface area is 115 Å². The normalized spacial score (nSPS) is 21.6. The third-order valence-electron chi connectivity index (χ3n) is 3.19. The van der Waals surface area contributed by atoms with Gasteiger partial charge in [0.25, 0.3) is 0 Å². The Hall–Kier alpha value is -1.59. The molecule has 0 saturated heterocycles. The van der Waals surface area contributed by atoms with E-state index in [1.807, 2.05) is 30.5 Å². The second-order valence-electron chi connectivity index (χ2n) is 4.59. The first-order valence-corrected chi connectivity index (χ1v) is 7.00. The number of hydrogen-bond donors (Lipinski definition) is 1. The molecule has 5 heteroatoms. The first-order chi connectivity index (χ1) is 9.17. The second-order valence-corrected chi connectivity index (χ2v) is 5.48. The lowest BCUT2D eigenvalue weighted by molar-refractivity contribution is 0.0653. The Kier molecular flexibility index (Phi) is 3.16. The molecule has 1 unspecified atom stereocenters. The highest BCUT2D eigenvalue weighted by Crippen LogP contribution is 2.42. The second kappa shape index (κ2) is 4.83. The Morgan fingerprint density at radius 1 is 1.47 bits per heavy atom. The molecule has 0 bridgehead atoms. The van der Waals surface area contributed by atoms with Crippen molar-refractivity contribution in [2.24, 2.45) is 0 Å². The van der Waals surface area contributed by atoms with Crippen molar-refractivity contribution in [3.63, 3.8) is 0 Å². The van der Waals surface area contributed by atoms with E-state index in [9.17, 15) is 5.11 Å². The van der Waals surface area contributed by atoms with E-state index in [-0.39, 0.29) is 6.10 Å². The molecule has 1 N–H and O–H groups in total. The third kappa shape index (κ3) is 2.31. The summed E-state index contributed by atoms with van der Waals surface area (Å²) in [5.41, 5.74) is 1.77. The van der Waals surface area contributed by atoms with E-state index in [1.54, 1.807) is 18.4 Å². The fourth-order valence-corrected chi connectivity index (χ4v) is 3.06. The van der Waals surface area contributed by atoms with Gasteiger partial charge >= 0.3 is 0 Å². The lowest BCUT2D eigenvalue weighted by Gasteiger charge is -2.28. The summed E-state index contributed by atoms with van der Waals surface area (Å²) in [6, 6.07) is 5.49. The van der Waals surface area contributed by atoms with Crippen molar-refractivity contribution in [3.05, 3.63) is 39.8 Å². The molecule has 0 aliphatic carbocycles. The van der Waals surface area contributed by atoms with Crippen LogP contribution in [0.1, 0.15) is 34.9 Å². The van der Waals surface area contributed by atoms with E-state index >= 15 is 0 Å². The van der Waals surface area contributed by atoms with E-state index < -0.39 is 6.10 Å². The van der Waals surface area contributed by atoms with Crippen molar-refractivity contribution >= 4 is 11.3 Å². The molecule has 2 atom stereocenters. The number of aromatic nitrogens is 1. The van der Waals surface area contributed by atoms with Gasteiger partial charge in [-0.25, -0.2) is 4.98 Å². The van der Waals surface area contributed by atoms with Gasteiger partial charge in [0.1, 0.15) is 16.5 Å². The van der Waals surface area contributed by atoms with Gasteiger partial charge in [0.15, 0.2) is 6.10 Å². The van der Waals surface area contributed by atoms with Crippen molar-refractivity contribution in [2.45, 2.75) is 25.6 Å². The van der Waals surface area contributed by atoms with Crippen LogP contribution >= 0.6 is 11.3 Å². The Balaban J connectivity index is 1.92. The first-order valence-electron chi connectivity index (χ1n) is 6.12. The van der Waals surface area contributed by atoms with Crippen molar-refractivity contribution in [3.8, 4) is 11.5 Å². The van der Waals surface area contributed by atoms with Gasteiger partial charge in [0.05, 0.1) is 13.2 Å². The van der Waals surface area contributed by atoms with Crippen molar-refractivity contribution in [1.29, 1.82) is 0 Å². The first kappa shape index (κ1) is 12.4. The average Bonchev–Trinajstić information content (AvgIpc) is 2.85. The van der Waals surface area contributed by atoms with Crippen LogP contribution in [-0.2, 0) is 0 Å². The molecule has 1 aromatic heterocycles. The van der Waals surface area contributed by atoms with E-state index in [1.165, 1.54) is 0 Å². The highest BCUT2D eigenvalue weighted by Gasteiger charge is 2.30. The molecule has 19 heavy (non-hydrogen) atoms. The van der Waals surface area contributed by atoms with Crippen LogP contribution in [0.3, 0.4) is 0 Å². The molecule has 4 nitrogen and oxygen atoms in total. The van der Waals surface area contributed by atoms with Crippen LogP contribution in [0.4, 0.5) is 0 Å². The van der Waals surface area contributed by atoms with Crippen molar-refractivity contribution in [1.82, 2.24) is 4.98 Å². The maximum absolute atomic E-state index is 10.3. The molecule has 2 heterocycles. The van der Waals surface area contributed by atoms with Gasteiger partial charge in [-0.05, 0) is 25.1 Å². The summed E-state index contributed by atoms with van der Waals surface area (Å²) < 4.78 is 11.1. The SMILES string of the molecule is COc1ccc2c(c1)[C@H](O)CC(c1nc(C)cs1)O2. The molecule has 0 amide bonds. The zero-order chi connectivity index (χ0) is 13.4. The van der Waals surface area contributed by atoms with Gasteiger partial charge in [0, 0.05) is 23.1 Å². The van der Waals surface area contributed by atoms with Gasteiger partial charge in [-0.15, -0.1) is 11.3 Å². The quantitative estimate of drug-likeness (QED) is 0.916. The summed E-state index contributed by atoms with van der Waals surface area (Å²) >= 11 is 1.57. The standard InChI is InChI=1S/C14H15NO3S/c1-8-7-19-14(15-8)13-6-11(16)10-5-9(17-2)3-4-12(10)18-13/h3-5,7,11,13,16H,6H2,1-2H3/t11-,13?/m1/s1. The molecule has 1 aliphatic heterocycles. The van der Waals surface area contributed by atoms with Crippen LogP contribution in [0.2, 0.25) is 0 Å². The minimum Gasteiger partial charge on any atom is -0.497 e. The van der Waals surface area contributed by atoms with E-state index in [0.717, 1.165) is 22.0 Å². The number of aliphatic hydroxyl groups excluding tert-OH is 1. The number of ether oxygens (including phenoxy) is 2. The summed E-state index contributed by atoms with van der Waals surface area (Å²) in [6.45, 7) is 1.96. The largest absolute Gasteiger partial charge is 0.497 e. The van der Waals surface area contributed by atoms with Crippen LogP contribution in [0.15, 0.2) is 23.6 Å². The summed E-state index contributed by atoms with van der Waals surface area (Å²) in [5.74, 6) is 1.43. The highest BCUT2D eigenvalue weighted by molar-refractivity contribution is 7.09. The maximum Gasteiger partial charge on any atom is 0.153 e. The number of benzene rings is 1. The Morgan fingerprint density at radius 3 is 3.00 bits per heavy atom. The molecule has 100 valence electrons. The fourth-order valence-electron chi connectivity index (χ4n) is 2.22. The number of hydrogen-bond acceptors (Lipinski definition) is 5. The zero-order valence-corrected chi connectivity index (χ0v) is 11.6. The van der Waals surface area contributed by atoms with Gasteiger partial charge in [0.2, 0.25) is 0 Å². The molecular weight excluding hydrogens is 262 g/mol. The summed E-state index contributed by atoms with van der Waals surface area (Å²) in [6.07, 6.45) is -0.199. The van der Waals surface area contributed by atoms with Crippen LogP contribution in [-0.4, -0.2) is 17.2 Å². The summed E-state index contributed by atoms with van der Waals surface area (Å²) in [7, 11) is 1.61. The van der Waals surface area contributed by atoms with Gasteiger partial charge in [-0.2, -0.15) is 0 Å². The molecular formula is C14H15NO3S. The Morgan fingerprint density at radius 2 is 2.32 bits per heavy atom. The maximum atomic E-state index is 10.3. The van der Waals surface area contributed by atoms with Gasteiger partial charge < -0.3 is 14.6 Å². The van der Waals surface area contributed by atoms with Crippen molar-refractivity contribution < 1.29 is 14.6 Å². The van der Waals surface area contributed by atoms with Crippen LogP contribution in [0, 0.1) is 6.92 Å². The number of fused-ring (bicyclic) bond motifs is 1. The average molecular weight is 277 g/mol. The van der Waals surface area contributed by atoms with Crippen molar-refractivity contribution in [2.75, 3.05) is 7.11 Å². The predicted molar refractivity (Wildman–Crippen MR) is 72.8 cm³/mol. The molecule has 1 aromatic carbocycles. The number of nitrogens with zero attached hydrogens (tertiary/aromatic N) is 1. The molecule has 2 aromatic rings. The smallest absolute Gasteiger partial charge is 0.153 e. The lowest BCUT2D eigenvalue weighted by atomic mass is 9.99. The van der Waals surface area contributed by atoms with Crippen LogP contribution < -0.4 is 9.47 Å². The van der Waals surface area contributed by atoms with E-state index in [4.69, 9.17) is 9.47 Å². The molecule has 0 saturated carbocycles. The zero-order valence-electron chi connectivity index (χ0n) is 10.8. The van der Waals surface area contributed by atoms with Crippen LogP contribution in [0.5, 0.6) is 11.5 Å². The van der Waals surface area contributed by atoms with E-state index in [2.05, 4.69) is 4.98 Å². The minimum atomic E-state index is -0.548. The number of aliphatic hydroxyl groups is 1. The minimum absolute atomic E-state index is 0.172. The predicted octanol–water partition coefficient (Wildman–Crippen LogP) is 3.02. The Bertz CT molecular complexity index is 596. The molecule has 3 rings (SSSR count). The molecule has 0 fully saturated rings. The van der Waals surface area contributed by atoms with E-state index in [0.29, 0.717) is 12.2 Å². The van der Waals surface area contributed by atoms with Gasteiger partial charge in [-0.3, -0.25) is 0 Å². The fraction of sp³-hybridized carbons (Fsp3) is 0.357. The number of rotatable bonds is 2. The van der Waals surface area contributed by atoms with Gasteiger partial charge in [-0.1, -0.05) is 0 Å². The molecule has 1 aliphatic rings.